The van der Waals surface area contributed by atoms with E-state index in [1.165, 1.54) is 28.9 Å². The highest BCUT2D eigenvalue weighted by Gasteiger charge is 2.26. The lowest BCUT2D eigenvalue weighted by Crippen LogP contribution is -2.29. The van der Waals surface area contributed by atoms with Crippen LogP contribution in [-0.4, -0.2) is 27.8 Å². The van der Waals surface area contributed by atoms with Crippen LogP contribution in [-0.2, 0) is 9.59 Å². The molecule has 3 rings (SSSR count). The third-order valence-electron chi connectivity index (χ3n) is 3.71. The van der Waals surface area contributed by atoms with Crippen molar-refractivity contribution in [2.75, 3.05) is 5.43 Å². The number of halogens is 2. The summed E-state index contributed by atoms with van der Waals surface area (Å²) in [6.45, 7) is 0. The summed E-state index contributed by atoms with van der Waals surface area (Å²) in [5.41, 5.74) is 1.92. The van der Waals surface area contributed by atoms with Crippen LogP contribution in [0.4, 0.5) is 5.69 Å². The van der Waals surface area contributed by atoms with Crippen molar-refractivity contribution in [2.24, 2.45) is 5.10 Å². The van der Waals surface area contributed by atoms with Gasteiger partial charge in [0, 0.05) is 12.1 Å². The molecule has 1 aliphatic carbocycles. The maximum atomic E-state index is 11.8. The summed E-state index contributed by atoms with van der Waals surface area (Å²) in [5.74, 6) is -0.712. The van der Waals surface area contributed by atoms with Gasteiger partial charge in [-0.1, -0.05) is 23.2 Å². The van der Waals surface area contributed by atoms with Crippen molar-refractivity contribution >= 4 is 46.9 Å². The van der Waals surface area contributed by atoms with Crippen molar-refractivity contribution in [2.45, 2.75) is 18.9 Å². The Bertz CT molecular complexity index is 1080. The zero-order valence-electron chi connectivity index (χ0n) is 14.6. The molecule has 0 radical (unpaired) electrons. The van der Waals surface area contributed by atoms with E-state index in [-0.39, 0.29) is 45.4 Å². The number of hydrazone groups is 1. The number of rotatable bonds is 7. The Labute approximate surface area is 173 Å². The molecule has 0 unspecified atom stereocenters. The van der Waals surface area contributed by atoms with Gasteiger partial charge in [-0.05, 0) is 25.0 Å². The number of imide groups is 1. The lowest BCUT2D eigenvalue weighted by molar-refractivity contribution is -0.120. The van der Waals surface area contributed by atoms with Gasteiger partial charge in [0.05, 0.1) is 21.8 Å². The molecule has 1 aromatic heterocycles. The fourth-order valence-corrected chi connectivity index (χ4v) is 2.80. The topological polar surface area (TPSA) is 138 Å². The fourth-order valence-electron chi connectivity index (χ4n) is 2.24. The fraction of sp³-hybridized carbons (Fsp3) is 0.176. The maximum absolute atomic E-state index is 11.8. The van der Waals surface area contributed by atoms with Crippen LogP contribution >= 0.6 is 23.2 Å². The Kier molecular flexibility index (Phi) is 6.11. The summed E-state index contributed by atoms with van der Waals surface area (Å²) >= 11 is 12.4. The molecule has 2 aromatic rings. The van der Waals surface area contributed by atoms with Crippen LogP contribution in [0.1, 0.15) is 18.9 Å². The van der Waals surface area contributed by atoms with Crippen molar-refractivity contribution < 1.29 is 14.3 Å². The average Bonchev–Trinajstić information content (AvgIpc) is 3.52. The van der Waals surface area contributed by atoms with E-state index >= 15 is 0 Å². The maximum Gasteiger partial charge on any atom is 0.288 e. The first-order valence-electron chi connectivity index (χ1n) is 8.18. The highest BCUT2D eigenvalue weighted by atomic mass is 35.5. The zero-order valence-corrected chi connectivity index (χ0v) is 16.1. The predicted octanol–water partition coefficient (Wildman–Crippen LogP) is 2.24. The third-order valence-corrected chi connectivity index (χ3v) is 4.27. The molecule has 1 saturated carbocycles. The minimum atomic E-state index is -0.969. The predicted molar refractivity (Wildman–Crippen MR) is 104 cm³/mol. The van der Waals surface area contributed by atoms with Crippen molar-refractivity contribution in [1.82, 2.24) is 15.1 Å². The number of carbonyl (C=O) groups is 2. The number of benzene rings is 1. The summed E-state index contributed by atoms with van der Waals surface area (Å²) in [6, 6.07) is 7.18. The van der Waals surface area contributed by atoms with E-state index in [0.29, 0.717) is 0 Å². The summed E-state index contributed by atoms with van der Waals surface area (Å²) in [5, 5.41) is 18.6. The van der Waals surface area contributed by atoms with Gasteiger partial charge < -0.3 is 4.74 Å². The number of nitriles is 1. The Morgan fingerprint density at radius 2 is 2.03 bits per heavy atom. The average molecular weight is 435 g/mol. The minimum Gasteiger partial charge on any atom is -0.434 e. The first kappa shape index (κ1) is 20.3. The lowest BCUT2D eigenvalue weighted by Gasteiger charge is -2.12. The quantitative estimate of drug-likeness (QED) is 0.386. The van der Waals surface area contributed by atoms with Crippen molar-refractivity contribution in [3.05, 3.63) is 44.7 Å². The molecule has 1 fully saturated rings. The largest absolute Gasteiger partial charge is 0.434 e. The molecule has 0 aliphatic heterocycles. The molecular formula is C17H12Cl2N6O4. The van der Waals surface area contributed by atoms with E-state index in [1.807, 2.05) is 0 Å². The van der Waals surface area contributed by atoms with Crippen molar-refractivity contribution in [3.8, 4) is 17.7 Å². The Balaban J connectivity index is 1.80. The van der Waals surface area contributed by atoms with E-state index in [1.54, 1.807) is 11.4 Å². The second-order valence-electron chi connectivity index (χ2n) is 5.83. The molecule has 2 amide bonds. The van der Waals surface area contributed by atoms with Gasteiger partial charge in [-0.3, -0.25) is 25.1 Å². The molecule has 29 heavy (non-hydrogen) atoms. The van der Waals surface area contributed by atoms with Gasteiger partial charge in [0.25, 0.3) is 11.5 Å². The number of amides is 2. The molecule has 2 N–H and O–H groups in total. The SMILES string of the molecule is N#C/C(=N/Nc1cc(Cl)c(Oc2ccc(=O)n(C3CC3)n2)c(Cl)c1)C(=O)NC=O. The van der Waals surface area contributed by atoms with Crippen LogP contribution < -0.4 is 21.0 Å². The Morgan fingerprint density at radius 3 is 2.62 bits per heavy atom. The molecule has 0 saturated heterocycles. The molecule has 1 aliphatic rings. The van der Waals surface area contributed by atoms with Crippen LogP contribution in [0.15, 0.2) is 34.2 Å². The van der Waals surface area contributed by atoms with E-state index < -0.39 is 11.6 Å². The van der Waals surface area contributed by atoms with E-state index in [4.69, 9.17) is 33.2 Å². The van der Waals surface area contributed by atoms with Crippen molar-refractivity contribution in [3.63, 3.8) is 0 Å². The van der Waals surface area contributed by atoms with Crippen LogP contribution in [0.5, 0.6) is 11.6 Å². The summed E-state index contributed by atoms with van der Waals surface area (Å²) in [6.07, 6.45) is 1.90. The second-order valence-corrected chi connectivity index (χ2v) is 6.65. The molecule has 0 bridgehead atoms. The monoisotopic (exact) mass is 434 g/mol. The van der Waals surface area contributed by atoms with E-state index in [9.17, 15) is 14.4 Å². The first-order valence-corrected chi connectivity index (χ1v) is 8.93. The standard InChI is InChI=1S/C17H12Cl2N6O4/c18-11-5-9(22-23-13(7-20)17(28)21-8-26)6-12(19)16(11)29-14-3-4-15(27)25(24-14)10-1-2-10/h3-6,8,10,22H,1-2H2,(H,21,26,28)/b23-13-. The summed E-state index contributed by atoms with van der Waals surface area (Å²) < 4.78 is 6.99. The molecule has 12 heteroatoms. The highest BCUT2D eigenvalue weighted by Crippen LogP contribution is 2.39. The van der Waals surface area contributed by atoms with Gasteiger partial charge in [-0.2, -0.15) is 10.4 Å². The van der Waals surface area contributed by atoms with Crippen LogP contribution in [0.25, 0.3) is 0 Å². The molecule has 10 nitrogen and oxygen atoms in total. The number of carbonyl (C=O) groups excluding carboxylic acids is 2. The van der Waals surface area contributed by atoms with E-state index in [2.05, 4.69) is 15.6 Å². The van der Waals surface area contributed by atoms with Gasteiger partial charge in [0.15, 0.2) is 5.75 Å². The number of anilines is 1. The number of ether oxygens (including phenoxy) is 1. The smallest absolute Gasteiger partial charge is 0.288 e. The van der Waals surface area contributed by atoms with Gasteiger partial charge in [0.2, 0.25) is 18.0 Å². The zero-order chi connectivity index (χ0) is 21.0. The third kappa shape index (κ3) is 4.90. The number of nitrogens with zero attached hydrogens (tertiary/aromatic N) is 4. The molecule has 0 spiro atoms. The van der Waals surface area contributed by atoms with Crippen LogP contribution in [0.3, 0.4) is 0 Å². The Morgan fingerprint density at radius 1 is 1.34 bits per heavy atom. The number of aromatic nitrogens is 2. The number of hydrogen-bond acceptors (Lipinski definition) is 8. The van der Waals surface area contributed by atoms with Gasteiger partial charge in [-0.25, -0.2) is 4.68 Å². The molecule has 0 atom stereocenters. The summed E-state index contributed by atoms with van der Waals surface area (Å²) in [7, 11) is 0. The first-order chi connectivity index (χ1) is 13.9. The highest BCUT2D eigenvalue weighted by molar-refractivity contribution is 6.46. The number of nitrogens with one attached hydrogen (secondary N) is 2. The van der Waals surface area contributed by atoms with Crippen molar-refractivity contribution in [1.29, 1.82) is 5.26 Å². The van der Waals surface area contributed by atoms with Gasteiger partial charge in [-0.15, -0.1) is 5.10 Å². The Hall–Kier alpha value is -3.42. The second kappa shape index (κ2) is 8.72. The molecule has 1 heterocycles. The number of hydrogen-bond donors (Lipinski definition) is 2. The van der Waals surface area contributed by atoms with Crippen LogP contribution in [0, 0.1) is 11.3 Å². The van der Waals surface area contributed by atoms with Crippen LogP contribution in [0.2, 0.25) is 10.0 Å². The molecule has 148 valence electrons. The minimum absolute atomic E-state index is 0.0761. The lowest BCUT2D eigenvalue weighted by atomic mass is 10.3. The van der Waals surface area contributed by atoms with Gasteiger partial charge in [0.1, 0.15) is 6.07 Å². The van der Waals surface area contributed by atoms with E-state index in [0.717, 1.165) is 12.8 Å². The normalized spacial score (nSPS) is 13.3. The molecule has 1 aromatic carbocycles. The van der Waals surface area contributed by atoms with Gasteiger partial charge >= 0.3 is 0 Å². The summed E-state index contributed by atoms with van der Waals surface area (Å²) in [4.78, 5) is 33.6. The molecular weight excluding hydrogens is 423 g/mol.